The van der Waals surface area contributed by atoms with Gasteiger partial charge >= 0.3 is 12.0 Å². The number of methoxy groups -OCH3 is 1. The number of benzene rings is 2. The van der Waals surface area contributed by atoms with E-state index in [1.807, 2.05) is 0 Å². The van der Waals surface area contributed by atoms with Crippen molar-refractivity contribution in [3.63, 3.8) is 0 Å². The molecule has 2 heterocycles. The van der Waals surface area contributed by atoms with E-state index >= 15 is 0 Å². The molecular formula is C21H20FN7O3. The van der Waals surface area contributed by atoms with Crippen LogP contribution in [0.3, 0.4) is 0 Å². The maximum absolute atomic E-state index is 13.5. The quantitative estimate of drug-likeness (QED) is 0.450. The van der Waals surface area contributed by atoms with Gasteiger partial charge in [0.2, 0.25) is 17.8 Å². The van der Waals surface area contributed by atoms with Crippen LogP contribution in [0.15, 0.2) is 42.5 Å². The summed E-state index contributed by atoms with van der Waals surface area (Å²) in [5.74, 6) is -0.646. The van der Waals surface area contributed by atoms with Crippen LogP contribution in [0.2, 0.25) is 0 Å². The molecule has 2 aromatic heterocycles. The first kappa shape index (κ1) is 21.0. The third-order valence-corrected chi connectivity index (χ3v) is 4.62. The number of carbonyl (C=O) groups is 1. The van der Waals surface area contributed by atoms with Crippen molar-refractivity contribution in [2.24, 2.45) is 0 Å². The molecule has 0 saturated heterocycles. The van der Waals surface area contributed by atoms with Gasteiger partial charge in [0, 0.05) is 20.6 Å². The molecule has 0 aliphatic heterocycles. The van der Waals surface area contributed by atoms with Gasteiger partial charge < -0.3 is 20.1 Å². The number of hydrogen-bond acceptors (Lipinski definition) is 8. The number of fused-ring (bicyclic) bond motifs is 1. The Morgan fingerprint density at radius 3 is 2.62 bits per heavy atom. The Morgan fingerprint density at radius 2 is 1.94 bits per heavy atom. The van der Waals surface area contributed by atoms with Gasteiger partial charge in [0.15, 0.2) is 0 Å². The molecule has 11 heteroatoms. The van der Waals surface area contributed by atoms with Crippen LogP contribution in [0.5, 0.6) is 6.01 Å². The van der Waals surface area contributed by atoms with Crippen LogP contribution >= 0.6 is 0 Å². The van der Waals surface area contributed by atoms with Crippen molar-refractivity contribution in [1.82, 2.24) is 24.5 Å². The summed E-state index contributed by atoms with van der Waals surface area (Å²) in [6, 6.07) is 11.1. The topological polar surface area (TPSA) is 118 Å². The number of aromatic nitrogens is 5. The lowest BCUT2D eigenvalue weighted by Crippen LogP contribution is -2.17. The smallest absolute Gasteiger partial charge is 0.337 e. The molecule has 32 heavy (non-hydrogen) atoms. The minimum absolute atomic E-state index is 0.0332. The SMILES string of the molecule is COc1nc2c(C(=O)O)cccc2n1-c1nc(NCc2cccc(F)c2)nc(N(C)C)n1. The second kappa shape index (κ2) is 8.46. The second-order valence-corrected chi connectivity index (χ2v) is 7.05. The second-order valence-electron chi connectivity index (χ2n) is 7.05. The normalized spacial score (nSPS) is 10.9. The first-order valence-corrected chi connectivity index (χ1v) is 9.58. The van der Waals surface area contributed by atoms with Crippen molar-refractivity contribution in [2.45, 2.75) is 6.54 Å². The zero-order chi connectivity index (χ0) is 22.8. The summed E-state index contributed by atoms with van der Waals surface area (Å²) in [6.45, 7) is 0.291. The molecule has 0 fully saturated rings. The number of para-hydroxylation sites is 1. The number of carboxylic acids is 1. The van der Waals surface area contributed by atoms with Crippen LogP contribution in [0, 0.1) is 5.82 Å². The molecule has 0 radical (unpaired) electrons. The number of carboxylic acid groups (broad SMARTS) is 1. The average molecular weight is 437 g/mol. The van der Waals surface area contributed by atoms with Crippen LogP contribution in [0.4, 0.5) is 16.3 Å². The number of nitrogens with zero attached hydrogens (tertiary/aromatic N) is 6. The predicted molar refractivity (Wildman–Crippen MR) is 116 cm³/mol. The predicted octanol–water partition coefficient (Wildman–Crippen LogP) is 2.73. The fourth-order valence-corrected chi connectivity index (χ4v) is 3.14. The minimum Gasteiger partial charge on any atom is -0.478 e. The maximum atomic E-state index is 13.5. The Labute approximate surface area is 182 Å². The standard InChI is InChI=1S/C21H20FN7O3/c1-28(2)19-25-18(23-11-12-6-4-7-13(22)10-12)26-20(27-19)29-15-9-5-8-14(17(30)31)16(15)24-21(29)32-3/h4-10H,11H2,1-3H3,(H,30,31)(H,23,25,26,27). The molecule has 0 saturated carbocycles. The van der Waals surface area contributed by atoms with Gasteiger partial charge in [-0.3, -0.25) is 0 Å². The van der Waals surface area contributed by atoms with E-state index in [-0.39, 0.29) is 34.8 Å². The van der Waals surface area contributed by atoms with Crippen LogP contribution < -0.4 is 15.0 Å². The van der Waals surface area contributed by atoms with Gasteiger partial charge in [-0.05, 0) is 29.8 Å². The highest BCUT2D eigenvalue weighted by Gasteiger charge is 2.21. The first-order valence-electron chi connectivity index (χ1n) is 9.58. The fourth-order valence-electron chi connectivity index (χ4n) is 3.14. The number of hydrogen-bond donors (Lipinski definition) is 2. The van der Waals surface area contributed by atoms with Crippen molar-refractivity contribution in [2.75, 3.05) is 31.4 Å². The number of ether oxygens (including phenoxy) is 1. The lowest BCUT2D eigenvalue weighted by molar-refractivity contribution is 0.0699. The highest BCUT2D eigenvalue weighted by Crippen LogP contribution is 2.28. The molecule has 0 aliphatic carbocycles. The molecule has 0 atom stereocenters. The molecule has 0 spiro atoms. The summed E-state index contributed by atoms with van der Waals surface area (Å²) in [7, 11) is 4.98. The van der Waals surface area contributed by atoms with Gasteiger partial charge in [-0.25, -0.2) is 13.8 Å². The summed E-state index contributed by atoms with van der Waals surface area (Å²) < 4.78 is 20.4. The lowest BCUT2D eigenvalue weighted by Gasteiger charge is -2.15. The van der Waals surface area contributed by atoms with Crippen molar-refractivity contribution in [1.29, 1.82) is 0 Å². The Balaban J connectivity index is 1.82. The number of anilines is 2. The number of rotatable bonds is 7. The van der Waals surface area contributed by atoms with Gasteiger partial charge in [0.05, 0.1) is 18.2 Å². The molecule has 164 valence electrons. The molecule has 4 aromatic rings. The summed E-state index contributed by atoms with van der Waals surface area (Å²) >= 11 is 0. The average Bonchev–Trinajstić information content (AvgIpc) is 3.16. The highest BCUT2D eigenvalue weighted by molar-refractivity contribution is 6.01. The summed E-state index contributed by atoms with van der Waals surface area (Å²) in [6.07, 6.45) is 0. The van der Waals surface area contributed by atoms with E-state index in [0.717, 1.165) is 5.56 Å². The zero-order valence-electron chi connectivity index (χ0n) is 17.6. The molecule has 10 nitrogen and oxygen atoms in total. The molecule has 2 aromatic carbocycles. The highest BCUT2D eigenvalue weighted by atomic mass is 19.1. The minimum atomic E-state index is -1.11. The van der Waals surface area contributed by atoms with Gasteiger partial charge in [0.25, 0.3) is 0 Å². The van der Waals surface area contributed by atoms with Crippen molar-refractivity contribution >= 4 is 28.9 Å². The number of nitrogens with one attached hydrogen (secondary N) is 1. The van der Waals surface area contributed by atoms with E-state index in [4.69, 9.17) is 4.74 Å². The number of imidazole rings is 1. The van der Waals surface area contributed by atoms with E-state index in [0.29, 0.717) is 18.0 Å². The van der Waals surface area contributed by atoms with Gasteiger partial charge in [-0.2, -0.15) is 19.9 Å². The van der Waals surface area contributed by atoms with E-state index < -0.39 is 5.97 Å². The van der Waals surface area contributed by atoms with Crippen LogP contribution in [-0.4, -0.2) is 56.8 Å². The number of aromatic carboxylic acids is 1. The van der Waals surface area contributed by atoms with E-state index in [2.05, 4.69) is 25.3 Å². The van der Waals surface area contributed by atoms with E-state index in [1.54, 1.807) is 43.3 Å². The molecule has 0 aliphatic rings. The summed E-state index contributed by atoms with van der Waals surface area (Å²) in [5.41, 5.74) is 1.47. The Kier molecular flexibility index (Phi) is 5.54. The third-order valence-electron chi connectivity index (χ3n) is 4.62. The Bertz CT molecular complexity index is 1310. The van der Waals surface area contributed by atoms with Crippen molar-refractivity contribution in [3.05, 3.63) is 59.4 Å². The fraction of sp³-hybridized carbons (Fsp3) is 0.190. The molecule has 0 amide bonds. The molecule has 2 N–H and O–H groups in total. The molecule has 0 bridgehead atoms. The first-order chi connectivity index (χ1) is 15.4. The van der Waals surface area contributed by atoms with Crippen LogP contribution in [-0.2, 0) is 6.54 Å². The van der Waals surface area contributed by atoms with Crippen molar-refractivity contribution < 1.29 is 19.0 Å². The van der Waals surface area contributed by atoms with Gasteiger partial charge in [-0.1, -0.05) is 18.2 Å². The number of halogens is 1. The zero-order valence-corrected chi connectivity index (χ0v) is 17.6. The largest absolute Gasteiger partial charge is 0.478 e. The molecule has 4 rings (SSSR count). The summed E-state index contributed by atoms with van der Waals surface area (Å²) in [4.78, 5) is 31.0. The van der Waals surface area contributed by atoms with Gasteiger partial charge in [-0.15, -0.1) is 0 Å². The monoisotopic (exact) mass is 437 g/mol. The lowest BCUT2D eigenvalue weighted by atomic mass is 10.2. The van der Waals surface area contributed by atoms with E-state index in [9.17, 15) is 14.3 Å². The van der Waals surface area contributed by atoms with Crippen LogP contribution in [0.1, 0.15) is 15.9 Å². The Hall–Kier alpha value is -4.28. The Morgan fingerprint density at radius 1 is 1.16 bits per heavy atom. The van der Waals surface area contributed by atoms with E-state index in [1.165, 1.54) is 29.9 Å². The van der Waals surface area contributed by atoms with Gasteiger partial charge in [0.1, 0.15) is 11.3 Å². The molecule has 0 unspecified atom stereocenters. The maximum Gasteiger partial charge on any atom is 0.337 e. The van der Waals surface area contributed by atoms with Crippen molar-refractivity contribution in [3.8, 4) is 12.0 Å². The molecular weight excluding hydrogens is 417 g/mol. The van der Waals surface area contributed by atoms with Crippen LogP contribution in [0.25, 0.3) is 17.0 Å². The third kappa shape index (κ3) is 4.00. The summed E-state index contributed by atoms with van der Waals surface area (Å²) in [5, 5.41) is 12.6.